The molecular weight excluding hydrogens is 381 g/mol. The summed E-state index contributed by atoms with van der Waals surface area (Å²) in [5.74, 6) is -0.0329. The van der Waals surface area contributed by atoms with Crippen molar-refractivity contribution in [1.29, 1.82) is 0 Å². The SMILES string of the molecule is CCOC(=O)c1nc2ccc(Cl)cc2c(Cc2ccccc2Cl)c1C1CC1. The van der Waals surface area contributed by atoms with Crippen molar-refractivity contribution in [3.8, 4) is 0 Å². The minimum atomic E-state index is -0.364. The minimum absolute atomic E-state index is 0.323. The number of carbonyl (C=O) groups is 1. The van der Waals surface area contributed by atoms with E-state index in [0.717, 1.165) is 40.4 Å². The molecule has 0 bridgehead atoms. The van der Waals surface area contributed by atoms with Gasteiger partial charge in [0.15, 0.2) is 5.69 Å². The molecule has 2 aromatic carbocycles. The van der Waals surface area contributed by atoms with Gasteiger partial charge in [-0.25, -0.2) is 9.78 Å². The number of aromatic nitrogens is 1. The first-order valence-electron chi connectivity index (χ1n) is 9.11. The Bertz CT molecular complexity index is 1030. The van der Waals surface area contributed by atoms with E-state index in [-0.39, 0.29) is 5.97 Å². The van der Waals surface area contributed by atoms with Crippen LogP contribution in [0.1, 0.15) is 52.9 Å². The number of ether oxygens (including phenoxy) is 1. The van der Waals surface area contributed by atoms with Crippen LogP contribution in [0, 0.1) is 0 Å². The van der Waals surface area contributed by atoms with Gasteiger partial charge in [-0.1, -0.05) is 41.4 Å². The fraction of sp³-hybridized carbons (Fsp3) is 0.273. The molecule has 3 nitrogen and oxygen atoms in total. The first-order chi connectivity index (χ1) is 13.1. The smallest absolute Gasteiger partial charge is 0.357 e. The number of carbonyl (C=O) groups excluding carboxylic acids is 1. The Morgan fingerprint density at radius 3 is 2.67 bits per heavy atom. The van der Waals surface area contributed by atoms with Crippen LogP contribution < -0.4 is 0 Å². The van der Waals surface area contributed by atoms with E-state index < -0.39 is 0 Å². The largest absolute Gasteiger partial charge is 0.461 e. The minimum Gasteiger partial charge on any atom is -0.461 e. The summed E-state index contributed by atoms with van der Waals surface area (Å²) in [6, 6.07) is 13.4. The third-order valence-electron chi connectivity index (χ3n) is 4.88. The third-order valence-corrected chi connectivity index (χ3v) is 5.48. The highest BCUT2D eigenvalue weighted by Crippen LogP contribution is 2.45. The van der Waals surface area contributed by atoms with E-state index in [0.29, 0.717) is 34.7 Å². The second kappa shape index (κ2) is 7.49. The van der Waals surface area contributed by atoms with Crippen LogP contribution in [0.4, 0.5) is 0 Å². The van der Waals surface area contributed by atoms with Crippen LogP contribution in [0.5, 0.6) is 0 Å². The second-order valence-corrected chi connectivity index (χ2v) is 7.62. The average Bonchev–Trinajstić information content (AvgIpc) is 3.48. The second-order valence-electron chi connectivity index (χ2n) is 6.78. The first-order valence-corrected chi connectivity index (χ1v) is 9.86. The lowest BCUT2D eigenvalue weighted by atomic mass is 9.92. The normalized spacial score (nSPS) is 13.7. The van der Waals surface area contributed by atoms with E-state index >= 15 is 0 Å². The molecule has 0 amide bonds. The Morgan fingerprint density at radius 2 is 1.96 bits per heavy atom. The summed E-state index contributed by atoms with van der Waals surface area (Å²) < 4.78 is 5.29. The summed E-state index contributed by atoms with van der Waals surface area (Å²) in [4.78, 5) is 17.3. The molecule has 1 aromatic heterocycles. The van der Waals surface area contributed by atoms with E-state index in [1.807, 2.05) is 36.4 Å². The fourth-order valence-corrected chi connectivity index (χ4v) is 3.88. The number of pyridine rings is 1. The molecule has 0 unspecified atom stereocenters. The maximum Gasteiger partial charge on any atom is 0.357 e. The van der Waals surface area contributed by atoms with Gasteiger partial charge in [-0.15, -0.1) is 0 Å². The molecular formula is C22H19Cl2NO2. The number of benzene rings is 2. The molecule has 4 rings (SSSR count). The molecule has 0 aliphatic heterocycles. The standard InChI is InChI=1S/C22H19Cl2NO2/c1-2-27-22(26)21-20(13-7-8-13)17(11-14-5-3-4-6-18(14)24)16-12-15(23)9-10-19(16)25-21/h3-6,9-10,12-13H,2,7-8,11H2,1H3. The number of rotatable bonds is 5. The molecule has 1 fully saturated rings. The van der Waals surface area contributed by atoms with Crippen LogP contribution in [0.15, 0.2) is 42.5 Å². The van der Waals surface area contributed by atoms with Crippen molar-refractivity contribution < 1.29 is 9.53 Å². The Kier molecular flexibility index (Phi) is 5.07. The van der Waals surface area contributed by atoms with Crippen LogP contribution in [-0.4, -0.2) is 17.6 Å². The lowest BCUT2D eigenvalue weighted by molar-refractivity contribution is 0.0518. The van der Waals surface area contributed by atoms with E-state index in [2.05, 4.69) is 4.98 Å². The van der Waals surface area contributed by atoms with Crippen molar-refractivity contribution in [2.75, 3.05) is 6.61 Å². The zero-order chi connectivity index (χ0) is 19.0. The number of hydrogen-bond acceptors (Lipinski definition) is 3. The quantitative estimate of drug-likeness (QED) is 0.480. The fourth-order valence-electron chi connectivity index (χ4n) is 3.51. The predicted molar refractivity (Wildman–Crippen MR) is 109 cm³/mol. The predicted octanol–water partition coefficient (Wildman–Crippen LogP) is 6.19. The number of nitrogens with zero attached hydrogens (tertiary/aromatic N) is 1. The lowest BCUT2D eigenvalue weighted by Crippen LogP contribution is -2.13. The Balaban J connectivity index is 1.97. The molecule has 5 heteroatoms. The summed E-state index contributed by atoms with van der Waals surface area (Å²) >= 11 is 12.7. The van der Waals surface area contributed by atoms with Crippen LogP contribution in [0.2, 0.25) is 10.0 Å². The van der Waals surface area contributed by atoms with Crippen molar-refractivity contribution in [1.82, 2.24) is 4.98 Å². The average molecular weight is 400 g/mol. The molecule has 0 N–H and O–H groups in total. The van der Waals surface area contributed by atoms with Gasteiger partial charge in [0.2, 0.25) is 0 Å². The van der Waals surface area contributed by atoms with E-state index in [1.54, 1.807) is 13.0 Å². The van der Waals surface area contributed by atoms with Crippen molar-refractivity contribution in [2.24, 2.45) is 0 Å². The highest BCUT2D eigenvalue weighted by molar-refractivity contribution is 6.31. The van der Waals surface area contributed by atoms with Gasteiger partial charge in [-0.3, -0.25) is 0 Å². The van der Waals surface area contributed by atoms with Crippen LogP contribution in [-0.2, 0) is 11.2 Å². The Morgan fingerprint density at radius 1 is 1.19 bits per heavy atom. The first kappa shape index (κ1) is 18.3. The van der Waals surface area contributed by atoms with Crippen LogP contribution in [0.3, 0.4) is 0 Å². The van der Waals surface area contributed by atoms with Gasteiger partial charge < -0.3 is 4.74 Å². The van der Waals surface area contributed by atoms with Crippen molar-refractivity contribution in [3.63, 3.8) is 0 Å². The summed E-state index contributed by atoms with van der Waals surface area (Å²) in [5, 5.41) is 2.33. The maximum atomic E-state index is 12.6. The van der Waals surface area contributed by atoms with Gasteiger partial charge in [-0.2, -0.15) is 0 Å². The summed E-state index contributed by atoms with van der Waals surface area (Å²) in [5.41, 5.74) is 4.25. The van der Waals surface area contributed by atoms with E-state index in [1.165, 1.54) is 0 Å². The molecule has 1 aliphatic carbocycles. The highest BCUT2D eigenvalue weighted by atomic mass is 35.5. The monoisotopic (exact) mass is 399 g/mol. The summed E-state index contributed by atoms with van der Waals surface area (Å²) in [6.07, 6.45) is 2.72. The molecule has 138 valence electrons. The van der Waals surface area contributed by atoms with Crippen LogP contribution >= 0.6 is 23.2 Å². The molecule has 3 aromatic rings. The van der Waals surface area contributed by atoms with Crippen molar-refractivity contribution in [3.05, 3.63) is 74.9 Å². The van der Waals surface area contributed by atoms with Gasteiger partial charge in [-0.05, 0) is 73.1 Å². The van der Waals surface area contributed by atoms with Gasteiger partial charge >= 0.3 is 5.97 Å². The summed E-state index contributed by atoms with van der Waals surface area (Å²) in [7, 11) is 0. The van der Waals surface area contributed by atoms with E-state index in [4.69, 9.17) is 27.9 Å². The zero-order valence-electron chi connectivity index (χ0n) is 15.0. The Labute approximate surface area is 168 Å². The summed E-state index contributed by atoms with van der Waals surface area (Å²) in [6.45, 7) is 2.13. The molecule has 1 aliphatic rings. The number of esters is 1. The number of hydrogen-bond donors (Lipinski definition) is 0. The molecule has 1 saturated carbocycles. The van der Waals surface area contributed by atoms with Gasteiger partial charge in [0.1, 0.15) is 0 Å². The van der Waals surface area contributed by atoms with E-state index in [9.17, 15) is 4.79 Å². The van der Waals surface area contributed by atoms with Gasteiger partial charge in [0.25, 0.3) is 0 Å². The molecule has 27 heavy (non-hydrogen) atoms. The zero-order valence-corrected chi connectivity index (χ0v) is 16.5. The Hall–Kier alpha value is -2.10. The molecule has 0 atom stereocenters. The third kappa shape index (κ3) is 3.67. The molecule has 1 heterocycles. The molecule has 0 saturated heterocycles. The van der Waals surface area contributed by atoms with Crippen LogP contribution in [0.25, 0.3) is 10.9 Å². The lowest BCUT2D eigenvalue weighted by Gasteiger charge is -2.17. The highest BCUT2D eigenvalue weighted by Gasteiger charge is 2.33. The van der Waals surface area contributed by atoms with Gasteiger partial charge in [0, 0.05) is 15.4 Å². The van der Waals surface area contributed by atoms with Crippen molar-refractivity contribution >= 4 is 40.1 Å². The number of halogens is 2. The maximum absolute atomic E-state index is 12.6. The molecule has 0 radical (unpaired) electrons. The molecule has 0 spiro atoms. The van der Waals surface area contributed by atoms with Crippen molar-refractivity contribution in [2.45, 2.75) is 32.1 Å². The number of fused-ring (bicyclic) bond motifs is 1. The topological polar surface area (TPSA) is 39.2 Å². The van der Waals surface area contributed by atoms with Gasteiger partial charge in [0.05, 0.1) is 12.1 Å².